The van der Waals surface area contributed by atoms with Gasteiger partial charge in [0.2, 0.25) is 15.9 Å². The molecule has 1 N–H and O–H groups in total. The molecule has 2 rings (SSSR count). The Labute approximate surface area is 166 Å². The number of carbonyl (C=O) groups is 1. The van der Waals surface area contributed by atoms with E-state index in [0.717, 1.165) is 19.1 Å². The maximum atomic E-state index is 12.9. The van der Waals surface area contributed by atoms with Crippen LogP contribution in [0.3, 0.4) is 0 Å². The summed E-state index contributed by atoms with van der Waals surface area (Å²) in [5.74, 6) is -0.158. The zero-order valence-electron chi connectivity index (χ0n) is 15.4. The van der Waals surface area contributed by atoms with Crippen molar-refractivity contribution in [3.8, 4) is 0 Å². The number of hydrogen-bond donors (Lipinski definition) is 1. The molecule has 1 aliphatic heterocycles. The number of sulfonamides is 1. The monoisotopic (exact) mass is 436 g/mol. The van der Waals surface area contributed by atoms with E-state index < -0.39 is 25.9 Å². The van der Waals surface area contributed by atoms with Crippen molar-refractivity contribution in [3.05, 3.63) is 29.3 Å². The van der Waals surface area contributed by atoms with E-state index in [0.29, 0.717) is 24.0 Å². The summed E-state index contributed by atoms with van der Waals surface area (Å²) >= 11 is 5.79. The van der Waals surface area contributed by atoms with E-state index in [9.17, 15) is 21.6 Å². The van der Waals surface area contributed by atoms with Crippen LogP contribution in [-0.4, -0.2) is 58.8 Å². The summed E-state index contributed by atoms with van der Waals surface area (Å²) in [4.78, 5) is 14.4. The molecule has 1 fully saturated rings. The lowest BCUT2D eigenvalue weighted by atomic mass is 9.98. The van der Waals surface area contributed by atoms with Crippen molar-refractivity contribution in [2.24, 2.45) is 5.92 Å². The second-order valence-corrected chi connectivity index (χ2v) is 11.5. The summed E-state index contributed by atoms with van der Waals surface area (Å²) in [5, 5.41) is 0.390. The van der Waals surface area contributed by atoms with Crippen molar-refractivity contribution in [1.82, 2.24) is 9.62 Å². The van der Waals surface area contributed by atoms with Gasteiger partial charge in [0.15, 0.2) is 0 Å². The number of carbonyl (C=O) groups excluding carboxylic acids is 1. The van der Waals surface area contributed by atoms with Crippen molar-refractivity contribution in [1.29, 1.82) is 0 Å². The highest BCUT2D eigenvalue weighted by Crippen LogP contribution is 2.19. The molecule has 0 bridgehead atoms. The Morgan fingerprint density at radius 3 is 2.26 bits per heavy atom. The zero-order chi connectivity index (χ0) is 20.2. The Morgan fingerprint density at radius 2 is 1.74 bits per heavy atom. The van der Waals surface area contributed by atoms with Crippen LogP contribution in [0.1, 0.15) is 26.2 Å². The molecule has 1 saturated heterocycles. The number of rotatable bonds is 7. The van der Waals surface area contributed by atoms with Crippen LogP contribution in [0.15, 0.2) is 29.2 Å². The first-order valence-electron chi connectivity index (χ1n) is 8.72. The molecule has 1 amide bonds. The minimum absolute atomic E-state index is 0.0312. The van der Waals surface area contributed by atoms with Crippen molar-refractivity contribution in [2.45, 2.75) is 37.1 Å². The van der Waals surface area contributed by atoms with Crippen LogP contribution in [0, 0.1) is 5.92 Å². The molecule has 1 atom stereocenters. The standard InChI is InChI=1S/C17H25ClN2O5S2/c1-13-7-10-20(11-8-13)17(21)16(9-12-26(2,22)23)19-27(24,25)15-5-3-14(18)4-6-15/h3-6,13,16,19H,7-12H2,1-2H3. The fourth-order valence-electron chi connectivity index (χ4n) is 2.88. The van der Waals surface area contributed by atoms with Gasteiger partial charge in [-0.1, -0.05) is 18.5 Å². The van der Waals surface area contributed by atoms with E-state index in [2.05, 4.69) is 11.6 Å². The molecule has 7 nitrogen and oxygen atoms in total. The van der Waals surface area contributed by atoms with Crippen LogP contribution < -0.4 is 4.72 Å². The molecule has 1 heterocycles. The summed E-state index contributed by atoms with van der Waals surface area (Å²) in [6.07, 6.45) is 2.63. The lowest BCUT2D eigenvalue weighted by molar-refractivity contribution is -0.134. The minimum atomic E-state index is -3.99. The highest BCUT2D eigenvalue weighted by atomic mass is 35.5. The molecule has 1 unspecified atom stereocenters. The number of nitrogens with one attached hydrogen (secondary N) is 1. The molecule has 0 aromatic heterocycles. The molecule has 27 heavy (non-hydrogen) atoms. The minimum Gasteiger partial charge on any atom is -0.341 e. The first kappa shape index (κ1) is 22.1. The molecule has 0 saturated carbocycles. The van der Waals surface area contributed by atoms with Gasteiger partial charge in [0.25, 0.3) is 0 Å². The van der Waals surface area contributed by atoms with E-state index >= 15 is 0 Å². The number of hydrogen-bond acceptors (Lipinski definition) is 5. The molecular weight excluding hydrogens is 412 g/mol. The molecule has 10 heteroatoms. The zero-order valence-corrected chi connectivity index (χ0v) is 17.8. The van der Waals surface area contributed by atoms with E-state index in [1.54, 1.807) is 4.90 Å². The average molecular weight is 437 g/mol. The predicted octanol–water partition coefficient (Wildman–Crippen LogP) is 1.68. The maximum Gasteiger partial charge on any atom is 0.241 e. The van der Waals surface area contributed by atoms with E-state index in [4.69, 9.17) is 11.6 Å². The van der Waals surface area contributed by atoms with E-state index in [1.165, 1.54) is 24.3 Å². The second kappa shape index (κ2) is 8.89. The van der Waals surface area contributed by atoms with Crippen molar-refractivity contribution in [3.63, 3.8) is 0 Å². The van der Waals surface area contributed by atoms with E-state index in [1.807, 2.05) is 0 Å². The summed E-state index contributed by atoms with van der Waals surface area (Å²) in [6, 6.07) is 4.43. The third-order valence-corrected chi connectivity index (χ3v) is 7.31. The number of likely N-dealkylation sites (tertiary alicyclic amines) is 1. The summed E-state index contributed by atoms with van der Waals surface area (Å²) in [6.45, 7) is 3.18. The molecule has 1 aliphatic rings. The maximum absolute atomic E-state index is 12.9. The lowest BCUT2D eigenvalue weighted by Gasteiger charge is -2.33. The normalized spacial score (nSPS) is 17.7. The van der Waals surface area contributed by atoms with Crippen LogP contribution >= 0.6 is 11.6 Å². The van der Waals surface area contributed by atoms with Crippen LogP contribution in [0.25, 0.3) is 0 Å². The number of amides is 1. The Balaban J connectivity index is 2.20. The number of sulfone groups is 1. The molecule has 0 spiro atoms. The van der Waals surface area contributed by atoms with Crippen molar-refractivity contribution in [2.75, 3.05) is 25.1 Å². The highest BCUT2D eigenvalue weighted by Gasteiger charge is 2.31. The highest BCUT2D eigenvalue weighted by molar-refractivity contribution is 7.90. The third kappa shape index (κ3) is 6.74. The first-order chi connectivity index (χ1) is 12.5. The fraction of sp³-hybridized carbons (Fsp3) is 0.588. The smallest absolute Gasteiger partial charge is 0.241 e. The predicted molar refractivity (Wildman–Crippen MR) is 105 cm³/mol. The molecule has 0 aliphatic carbocycles. The van der Waals surface area contributed by atoms with Gasteiger partial charge in [0.05, 0.1) is 10.6 Å². The van der Waals surface area contributed by atoms with Crippen LogP contribution in [-0.2, 0) is 24.7 Å². The number of piperidine rings is 1. The van der Waals surface area contributed by atoms with Gasteiger partial charge >= 0.3 is 0 Å². The Kier molecular flexibility index (Phi) is 7.29. The molecule has 1 aromatic carbocycles. The molecular formula is C17H25ClN2O5S2. The Hall–Kier alpha value is -1.16. The van der Waals surface area contributed by atoms with Gasteiger partial charge < -0.3 is 4.90 Å². The van der Waals surface area contributed by atoms with Gasteiger partial charge in [0, 0.05) is 24.4 Å². The van der Waals surface area contributed by atoms with Crippen molar-refractivity contribution >= 4 is 37.4 Å². The van der Waals surface area contributed by atoms with Crippen molar-refractivity contribution < 1.29 is 21.6 Å². The lowest BCUT2D eigenvalue weighted by Crippen LogP contribution is -2.51. The first-order valence-corrected chi connectivity index (χ1v) is 12.6. The average Bonchev–Trinajstić information content (AvgIpc) is 2.58. The largest absolute Gasteiger partial charge is 0.341 e. The van der Waals surface area contributed by atoms with Crippen LogP contribution in [0.2, 0.25) is 5.02 Å². The molecule has 152 valence electrons. The quantitative estimate of drug-likeness (QED) is 0.700. The Morgan fingerprint density at radius 1 is 1.19 bits per heavy atom. The fourth-order valence-corrected chi connectivity index (χ4v) is 4.90. The molecule has 0 radical (unpaired) electrons. The number of benzene rings is 1. The summed E-state index contributed by atoms with van der Waals surface area (Å²) < 4.78 is 50.7. The van der Waals surface area contributed by atoms with Gasteiger partial charge in [-0.2, -0.15) is 4.72 Å². The topological polar surface area (TPSA) is 101 Å². The summed E-state index contributed by atoms with van der Waals surface area (Å²) in [5.41, 5.74) is 0. The number of halogens is 1. The number of nitrogens with zero attached hydrogens (tertiary/aromatic N) is 1. The Bertz CT molecular complexity index is 861. The SMILES string of the molecule is CC1CCN(C(=O)C(CCS(C)(=O)=O)NS(=O)(=O)c2ccc(Cl)cc2)CC1. The van der Waals surface area contributed by atoms with Gasteiger partial charge in [0.1, 0.15) is 15.9 Å². The van der Waals surface area contributed by atoms with Gasteiger partial charge in [-0.05, 0) is 49.4 Å². The second-order valence-electron chi connectivity index (χ2n) is 7.05. The van der Waals surface area contributed by atoms with Gasteiger partial charge in [-0.25, -0.2) is 16.8 Å². The molecule has 1 aromatic rings. The van der Waals surface area contributed by atoms with Crippen LogP contribution in [0.4, 0.5) is 0 Å². The summed E-state index contributed by atoms with van der Waals surface area (Å²) in [7, 11) is -7.33. The third-order valence-electron chi connectivity index (χ3n) is 4.59. The van der Waals surface area contributed by atoms with E-state index in [-0.39, 0.29) is 23.0 Å². The van der Waals surface area contributed by atoms with Gasteiger partial charge in [-0.3, -0.25) is 4.79 Å². The van der Waals surface area contributed by atoms with Crippen LogP contribution in [0.5, 0.6) is 0 Å². The van der Waals surface area contributed by atoms with Gasteiger partial charge in [-0.15, -0.1) is 0 Å².